The van der Waals surface area contributed by atoms with Gasteiger partial charge in [-0.05, 0) is 37.5 Å². The molecule has 0 amide bonds. The van der Waals surface area contributed by atoms with Gasteiger partial charge in [0.05, 0.1) is 0 Å². The second-order valence-corrected chi connectivity index (χ2v) is 3.69. The Hall–Kier alpha value is -1.09. The Morgan fingerprint density at radius 1 is 1.27 bits per heavy atom. The van der Waals surface area contributed by atoms with Crippen LogP contribution < -0.4 is 4.90 Å². The lowest BCUT2D eigenvalue weighted by Crippen LogP contribution is -2.18. The van der Waals surface area contributed by atoms with Crippen LogP contribution in [0.2, 0.25) is 0 Å². The molecule has 0 radical (unpaired) electrons. The Morgan fingerprint density at radius 2 is 2.07 bits per heavy atom. The largest absolute Gasteiger partial charge is 0.396 e. The Bertz CT molecular complexity index is 291. The van der Waals surface area contributed by atoms with Crippen molar-refractivity contribution in [3.63, 3.8) is 0 Å². The highest BCUT2D eigenvalue weighted by molar-refractivity contribution is 5.45. The number of unbranched alkanes of at least 4 members (excludes halogenated alkanes) is 2. The number of rotatable bonds is 6. The van der Waals surface area contributed by atoms with Gasteiger partial charge in [-0.1, -0.05) is 6.07 Å². The van der Waals surface area contributed by atoms with Gasteiger partial charge in [0.2, 0.25) is 0 Å². The van der Waals surface area contributed by atoms with Gasteiger partial charge in [-0.3, -0.25) is 0 Å². The molecule has 84 valence electrons. The van der Waals surface area contributed by atoms with Crippen LogP contribution in [0.25, 0.3) is 0 Å². The molecule has 0 spiro atoms. The zero-order valence-corrected chi connectivity index (χ0v) is 9.12. The SMILES string of the molecule is CN(CCCCCO)c1cccc(F)c1. The molecule has 15 heavy (non-hydrogen) atoms. The fourth-order valence-electron chi connectivity index (χ4n) is 1.48. The third kappa shape index (κ3) is 4.30. The summed E-state index contributed by atoms with van der Waals surface area (Å²) in [6.45, 7) is 1.15. The van der Waals surface area contributed by atoms with E-state index in [4.69, 9.17) is 5.11 Å². The van der Waals surface area contributed by atoms with Crippen LogP contribution in [0, 0.1) is 5.82 Å². The van der Waals surface area contributed by atoms with Gasteiger partial charge in [0.25, 0.3) is 0 Å². The molecule has 0 aliphatic heterocycles. The van der Waals surface area contributed by atoms with Crippen LogP contribution in [-0.2, 0) is 0 Å². The minimum Gasteiger partial charge on any atom is -0.396 e. The van der Waals surface area contributed by atoms with Crippen LogP contribution >= 0.6 is 0 Å². The number of aliphatic hydroxyl groups is 1. The molecule has 0 saturated heterocycles. The van der Waals surface area contributed by atoms with Crippen molar-refractivity contribution in [1.29, 1.82) is 0 Å². The van der Waals surface area contributed by atoms with E-state index in [1.807, 2.05) is 18.0 Å². The summed E-state index contributed by atoms with van der Waals surface area (Å²) >= 11 is 0. The van der Waals surface area contributed by atoms with Gasteiger partial charge >= 0.3 is 0 Å². The fourth-order valence-corrected chi connectivity index (χ4v) is 1.48. The molecule has 1 aromatic carbocycles. The predicted molar refractivity (Wildman–Crippen MR) is 60.6 cm³/mol. The molecular weight excluding hydrogens is 193 g/mol. The average Bonchev–Trinajstić information content (AvgIpc) is 2.24. The van der Waals surface area contributed by atoms with Gasteiger partial charge in [0.1, 0.15) is 5.82 Å². The third-order valence-electron chi connectivity index (χ3n) is 2.40. The number of anilines is 1. The molecule has 0 heterocycles. The van der Waals surface area contributed by atoms with E-state index in [1.54, 1.807) is 6.07 Å². The first kappa shape index (κ1) is 12.0. The van der Waals surface area contributed by atoms with E-state index < -0.39 is 0 Å². The van der Waals surface area contributed by atoms with Crippen LogP contribution in [0.4, 0.5) is 10.1 Å². The highest BCUT2D eigenvalue weighted by atomic mass is 19.1. The van der Waals surface area contributed by atoms with Gasteiger partial charge < -0.3 is 10.0 Å². The smallest absolute Gasteiger partial charge is 0.125 e. The summed E-state index contributed by atoms with van der Waals surface area (Å²) in [5, 5.41) is 8.62. The van der Waals surface area contributed by atoms with Gasteiger partial charge in [-0.15, -0.1) is 0 Å². The molecule has 0 fully saturated rings. The van der Waals surface area contributed by atoms with E-state index in [-0.39, 0.29) is 12.4 Å². The third-order valence-corrected chi connectivity index (χ3v) is 2.40. The van der Waals surface area contributed by atoms with Crippen LogP contribution in [-0.4, -0.2) is 25.3 Å². The predicted octanol–water partition coefficient (Wildman–Crippen LogP) is 2.42. The van der Waals surface area contributed by atoms with Crippen molar-refractivity contribution < 1.29 is 9.50 Å². The topological polar surface area (TPSA) is 23.5 Å². The van der Waals surface area contributed by atoms with Crippen molar-refractivity contribution in [3.8, 4) is 0 Å². The summed E-state index contributed by atoms with van der Waals surface area (Å²) in [6.07, 6.45) is 2.88. The lowest BCUT2D eigenvalue weighted by atomic mass is 10.2. The highest BCUT2D eigenvalue weighted by Crippen LogP contribution is 2.14. The first-order valence-electron chi connectivity index (χ1n) is 5.31. The van der Waals surface area contributed by atoms with E-state index in [0.29, 0.717) is 0 Å². The summed E-state index contributed by atoms with van der Waals surface area (Å²) in [4.78, 5) is 2.03. The van der Waals surface area contributed by atoms with E-state index in [9.17, 15) is 4.39 Å². The normalized spacial score (nSPS) is 10.3. The highest BCUT2D eigenvalue weighted by Gasteiger charge is 2.01. The van der Waals surface area contributed by atoms with Crippen molar-refractivity contribution in [2.24, 2.45) is 0 Å². The molecule has 0 aliphatic carbocycles. The van der Waals surface area contributed by atoms with E-state index in [1.165, 1.54) is 12.1 Å². The van der Waals surface area contributed by atoms with Crippen molar-refractivity contribution >= 4 is 5.69 Å². The standard InChI is InChI=1S/C12H18FNO/c1-14(8-3-2-4-9-15)12-7-5-6-11(13)10-12/h5-7,10,15H,2-4,8-9H2,1H3. The molecule has 0 bridgehead atoms. The maximum absolute atomic E-state index is 12.9. The van der Waals surface area contributed by atoms with Crippen LogP contribution in [0.5, 0.6) is 0 Å². The lowest BCUT2D eigenvalue weighted by Gasteiger charge is -2.19. The van der Waals surface area contributed by atoms with Crippen molar-refractivity contribution in [2.45, 2.75) is 19.3 Å². The number of nitrogens with zero attached hydrogens (tertiary/aromatic N) is 1. The molecule has 3 heteroatoms. The van der Waals surface area contributed by atoms with Crippen LogP contribution in [0.3, 0.4) is 0 Å². The molecule has 0 atom stereocenters. The zero-order chi connectivity index (χ0) is 11.1. The Morgan fingerprint density at radius 3 is 2.73 bits per heavy atom. The van der Waals surface area contributed by atoms with Gasteiger partial charge in [-0.25, -0.2) is 4.39 Å². The number of hydrogen-bond donors (Lipinski definition) is 1. The molecule has 0 unspecified atom stereocenters. The Labute approximate surface area is 90.3 Å². The summed E-state index contributed by atoms with van der Waals surface area (Å²) in [5.74, 6) is -0.199. The van der Waals surface area contributed by atoms with Crippen LogP contribution in [0.1, 0.15) is 19.3 Å². The maximum atomic E-state index is 12.9. The summed E-state index contributed by atoms with van der Waals surface area (Å²) in [7, 11) is 1.95. The lowest BCUT2D eigenvalue weighted by molar-refractivity contribution is 0.283. The number of halogens is 1. The summed E-state index contributed by atoms with van der Waals surface area (Å²) in [5.41, 5.74) is 0.902. The van der Waals surface area contributed by atoms with E-state index in [0.717, 1.165) is 31.5 Å². The van der Waals surface area contributed by atoms with Crippen molar-refractivity contribution in [2.75, 3.05) is 25.1 Å². The first-order chi connectivity index (χ1) is 7.24. The number of hydrogen-bond acceptors (Lipinski definition) is 2. The Balaban J connectivity index is 2.36. The molecular formula is C12H18FNO. The molecule has 0 aromatic heterocycles. The molecule has 1 aromatic rings. The second-order valence-electron chi connectivity index (χ2n) is 3.69. The van der Waals surface area contributed by atoms with Gasteiger partial charge in [-0.2, -0.15) is 0 Å². The van der Waals surface area contributed by atoms with E-state index >= 15 is 0 Å². The molecule has 1 rings (SSSR count). The van der Waals surface area contributed by atoms with Crippen molar-refractivity contribution in [3.05, 3.63) is 30.1 Å². The molecule has 2 nitrogen and oxygen atoms in total. The molecule has 0 aliphatic rings. The Kier molecular flexibility index (Phi) is 5.12. The molecule has 0 saturated carbocycles. The maximum Gasteiger partial charge on any atom is 0.125 e. The average molecular weight is 211 g/mol. The zero-order valence-electron chi connectivity index (χ0n) is 9.12. The summed E-state index contributed by atoms with van der Waals surface area (Å²) < 4.78 is 12.9. The number of aliphatic hydroxyl groups excluding tert-OH is 1. The first-order valence-corrected chi connectivity index (χ1v) is 5.31. The molecule has 1 N–H and O–H groups in total. The fraction of sp³-hybridized carbons (Fsp3) is 0.500. The summed E-state index contributed by atoms with van der Waals surface area (Å²) in [6, 6.07) is 6.60. The second kappa shape index (κ2) is 6.40. The van der Waals surface area contributed by atoms with Gasteiger partial charge in [0.15, 0.2) is 0 Å². The number of benzene rings is 1. The monoisotopic (exact) mass is 211 g/mol. The van der Waals surface area contributed by atoms with Crippen LogP contribution in [0.15, 0.2) is 24.3 Å². The minimum absolute atomic E-state index is 0.199. The van der Waals surface area contributed by atoms with E-state index in [2.05, 4.69) is 0 Å². The van der Waals surface area contributed by atoms with Gasteiger partial charge in [0, 0.05) is 25.9 Å². The quantitative estimate of drug-likeness (QED) is 0.730. The minimum atomic E-state index is -0.199. The van der Waals surface area contributed by atoms with Crippen molar-refractivity contribution in [1.82, 2.24) is 0 Å².